The Kier molecular flexibility index (Phi) is 1.70. The molecule has 0 N–H and O–H groups in total. The normalized spacial score (nSPS) is 57.6. The summed E-state index contributed by atoms with van der Waals surface area (Å²) in [5.74, 6) is 3.10. The van der Waals surface area contributed by atoms with Gasteiger partial charge in [0.2, 0.25) is 0 Å². The van der Waals surface area contributed by atoms with E-state index < -0.39 is 0 Å². The number of hydrogen-bond donors (Lipinski definition) is 0. The van der Waals surface area contributed by atoms with Gasteiger partial charge in [0.1, 0.15) is 0 Å². The van der Waals surface area contributed by atoms with Crippen LogP contribution >= 0.6 is 0 Å². The molecule has 0 saturated heterocycles. The SMILES string of the molecule is CC1CC2(C3CC3)CCC2(C)C[C@@H]1C. The molecule has 14 heavy (non-hydrogen) atoms. The van der Waals surface area contributed by atoms with E-state index in [0.717, 1.165) is 28.6 Å². The zero-order valence-corrected chi connectivity index (χ0v) is 9.97. The fraction of sp³-hybridized carbons (Fsp3) is 1.00. The Morgan fingerprint density at radius 1 is 0.929 bits per heavy atom. The Hall–Kier alpha value is 0. The highest BCUT2D eigenvalue weighted by Gasteiger charge is 2.64. The molecule has 3 rings (SSSR count). The average Bonchev–Trinajstić information content (AvgIpc) is 2.93. The second-order valence-electron chi connectivity index (χ2n) is 6.85. The minimum absolute atomic E-state index is 0.750. The third kappa shape index (κ3) is 0.955. The Morgan fingerprint density at radius 2 is 1.57 bits per heavy atom. The van der Waals surface area contributed by atoms with Crippen LogP contribution in [0.5, 0.6) is 0 Å². The highest BCUT2D eigenvalue weighted by Crippen LogP contribution is 2.73. The molecule has 4 atom stereocenters. The monoisotopic (exact) mass is 192 g/mol. The van der Waals surface area contributed by atoms with Gasteiger partial charge in [-0.25, -0.2) is 0 Å². The van der Waals surface area contributed by atoms with Crippen molar-refractivity contribution in [2.75, 3.05) is 0 Å². The van der Waals surface area contributed by atoms with Gasteiger partial charge in [-0.05, 0) is 67.1 Å². The Balaban J connectivity index is 1.89. The largest absolute Gasteiger partial charge is 0.0622 e. The van der Waals surface area contributed by atoms with Crippen LogP contribution < -0.4 is 0 Å². The lowest BCUT2D eigenvalue weighted by Gasteiger charge is -2.65. The van der Waals surface area contributed by atoms with E-state index in [4.69, 9.17) is 0 Å². The van der Waals surface area contributed by atoms with Crippen LogP contribution in [0.15, 0.2) is 0 Å². The summed E-state index contributed by atoms with van der Waals surface area (Å²) in [5.41, 5.74) is 1.57. The molecule has 3 fully saturated rings. The van der Waals surface area contributed by atoms with E-state index in [1.165, 1.54) is 12.8 Å². The molecule has 0 aromatic rings. The fourth-order valence-electron chi connectivity index (χ4n) is 4.71. The third-order valence-corrected chi connectivity index (χ3v) is 6.11. The van der Waals surface area contributed by atoms with Crippen LogP contribution in [0.4, 0.5) is 0 Å². The topological polar surface area (TPSA) is 0 Å². The average molecular weight is 192 g/mol. The molecule has 0 heteroatoms. The quantitative estimate of drug-likeness (QED) is 0.582. The second-order valence-corrected chi connectivity index (χ2v) is 6.85. The molecular formula is C14H24. The Bertz CT molecular complexity index is 253. The van der Waals surface area contributed by atoms with Crippen LogP contribution in [0.2, 0.25) is 0 Å². The van der Waals surface area contributed by atoms with Gasteiger partial charge in [0.05, 0.1) is 0 Å². The van der Waals surface area contributed by atoms with E-state index in [1.54, 1.807) is 25.7 Å². The molecule has 0 bridgehead atoms. The maximum atomic E-state index is 2.59. The lowest BCUT2D eigenvalue weighted by Crippen LogP contribution is -2.56. The minimum Gasteiger partial charge on any atom is -0.0622 e. The van der Waals surface area contributed by atoms with E-state index >= 15 is 0 Å². The summed E-state index contributed by atoms with van der Waals surface area (Å²) >= 11 is 0. The highest BCUT2D eigenvalue weighted by molar-refractivity contribution is 5.14. The lowest BCUT2D eigenvalue weighted by atomic mass is 9.40. The van der Waals surface area contributed by atoms with Gasteiger partial charge < -0.3 is 0 Å². The molecule has 3 aliphatic rings. The predicted molar refractivity (Wildman–Crippen MR) is 60.1 cm³/mol. The summed E-state index contributed by atoms with van der Waals surface area (Å²) in [6, 6.07) is 0. The standard InChI is InChI=1S/C14H24/c1-10-8-13(3)6-7-14(13,9-11(10)2)12-4-5-12/h10-12H,4-9H2,1-3H3/t10-,11?,13?,14?/m0/s1. The molecule has 3 unspecified atom stereocenters. The van der Waals surface area contributed by atoms with Crippen molar-refractivity contribution >= 4 is 0 Å². The lowest BCUT2D eigenvalue weighted by molar-refractivity contribution is -0.151. The first-order valence-corrected chi connectivity index (χ1v) is 6.57. The Morgan fingerprint density at radius 3 is 2.07 bits per heavy atom. The molecule has 0 spiro atoms. The van der Waals surface area contributed by atoms with Crippen molar-refractivity contribution in [1.82, 2.24) is 0 Å². The number of rotatable bonds is 1. The van der Waals surface area contributed by atoms with Crippen LogP contribution in [-0.2, 0) is 0 Å². The van der Waals surface area contributed by atoms with Crippen LogP contribution in [0, 0.1) is 28.6 Å². The van der Waals surface area contributed by atoms with Crippen molar-refractivity contribution in [3.8, 4) is 0 Å². The molecule has 0 nitrogen and oxygen atoms in total. The van der Waals surface area contributed by atoms with Gasteiger partial charge in [0.15, 0.2) is 0 Å². The molecule has 0 radical (unpaired) electrons. The van der Waals surface area contributed by atoms with Crippen molar-refractivity contribution in [1.29, 1.82) is 0 Å². The first kappa shape index (κ1) is 9.24. The minimum atomic E-state index is 0.750. The van der Waals surface area contributed by atoms with Gasteiger partial charge in [-0.1, -0.05) is 20.8 Å². The van der Waals surface area contributed by atoms with Crippen molar-refractivity contribution in [3.05, 3.63) is 0 Å². The van der Waals surface area contributed by atoms with Gasteiger partial charge in [0, 0.05) is 0 Å². The predicted octanol–water partition coefficient (Wildman–Crippen LogP) is 4.25. The molecule has 0 aromatic carbocycles. The van der Waals surface area contributed by atoms with Crippen molar-refractivity contribution in [3.63, 3.8) is 0 Å². The molecule has 0 aromatic heterocycles. The first-order valence-electron chi connectivity index (χ1n) is 6.57. The number of hydrogen-bond acceptors (Lipinski definition) is 0. The van der Waals surface area contributed by atoms with E-state index in [0.29, 0.717) is 0 Å². The van der Waals surface area contributed by atoms with E-state index in [9.17, 15) is 0 Å². The van der Waals surface area contributed by atoms with Gasteiger partial charge in [0.25, 0.3) is 0 Å². The van der Waals surface area contributed by atoms with Crippen LogP contribution in [0.25, 0.3) is 0 Å². The van der Waals surface area contributed by atoms with Crippen molar-refractivity contribution in [2.45, 2.75) is 59.3 Å². The molecule has 3 aliphatic carbocycles. The van der Waals surface area contributed by atoms with Crippen LogP contribution in [0.3, 0.4) is 0 Å². The number of fused-ring (bicyclic) bond motifs is 1. The summed E-state index contributed by atoms with van der Waals surface area (Å²) in [6.07, 6.45) is 9.26. The molecule has 0 amide bonds. The molecule has 0 heterocycles. The third-order valence-electron chi connectivity index (χ3n) is 6.11. The van der Waals surface area contributed by atoms with Gasteiger partial charge in [-0.2, -0.15) is 0 Å². The van der Waals surface area contributed by atoms with Gasteiger partial charge in [-0.15, -0.1) is 0 Å². The Labute approximate surface area is 88.5 Å². The molecule has 80 valence electrons. The molecule has 3 saturated carbocycles. The van der Waals surface area contributed by atoms with Crippen LogP contribution in [-0.4, -0.2) is 0 Å². The first-order chi connectivity index (χ1) is 6.57. The zero-order chi connectivity index (χ0) is 9.97. The van der Waals surface area contributed by atoms with Crippen LogP contribution in [0.1, 0.15) is 59.3 Å². The zero-order valence-electron chi connectivity index (χ0n) is 9.97. The van der Waals surface area contributed by atoms with E-state index in [-0.39, 0.29) is 0 Å². The van der Waals surface area contributed by atoms with E-state index in [2.05, 4.69) is 20.8 Å². The highest BCUT2D eigenvalue weighted by atomic mass is 14.7. The summed E-state index contributed by atoms with van der Waals surface area (Å²) in [4.78, 5) is 0. The van der Waals surface area contributed by atoms with Crippen molar-refractivity contribution < 1.29 is 0 Å². The maximum Gasteiger partial charge on any atom is -0.0212 e. The summed E-state index contributed by atoms with van der Waals surface area (Å²) in [5, 5.41) is 0. The summed E-state index contributed by atoms with van der Waals surface area (Å²) in [7, 11) is 0. The van der Waals surface area contributed by atoms with E-state index in [1.807, 2.05) is 0 Å². The molecule has 0 aliphatic heterocycles. The summed E-state index contributed by atoms with van der Waals surface area (Å²) in [6.45, 7) is 7.56. The van der Waals surface area contributed by atoms with Gasteiger partial charge in [-0.3, -0.25) is 0 Å². The maximum absolute atomic E-state index is 2.59. The second kappa shape index (κ2) is 2.57. The van der Waals surface area contributed by atoms with Gasteiger partial charge >= 0.3 is 0 Å². The van der Waals surface area contributed by atoms with Crippen molar-refractivity contribution in [2.24, 2.45) is 28.6 Å². The smallest absolute Gasteiger partial charge is 0.0212 e. The summed E-state index contributed by atoms with van der Waals surface area (Å²) < 4.78 is 0. The molecular weight excluding hydrogens is 168 g/mol. The fourth-order valence-corrected chi connectivity index (χ4v) is 4.71.